The molecule has 0 amide bonds. The first-order valence-corrected chi connectivity index (χ1v) is 9.56. The fraction of sp³-hybridized carbons (Fsp3) is 0.933. The van der Waals surface area contributed by atoms with Crippen LogP contribution in [0.1, 0.15) is 25.7 Å². The summed E-state index contributed by atoms with van der Waals surface area (Å²) in [6.07, 6.45) is 1.77. The summed E-state index contributed by atoms with van der Waals surface area (Å²) >= 11 is 1.83. The molecule has 1 saturated heterocycles. The maximum Gasteiger partial charge on any atom is 0.401 e. The van der Waals surface area contributed by atoms with Crippen LogP contribution in [0, 0.1) is 5.92 Å². The van der Waals surface area contributed by atoms with Crippen LogP contribution in [-0.2, 0) is 0 Å². The van der Waals surface area contributed by atoms with E-state index in [4.69, 9.17) is 0 Å². The molecule has 0 atom stereocenters. The topological polar surface area (TPSA) is 39.7 Å². The van der Waals surface area contributed by atoms with E-state index in [1.54, 1.807) is 7.05 Å². The molecule has 1 aliphatic rings. The van der Waals surface area contributed by atoms with Crippen LogP contribution in [0.5, 0.6) is 0 Å². The predicted octanol–water partition coefficient (Wildman–Crippen LogP) is 3.19. The van der Waals surface area contributed by atoms with E-state index in [-0.39, 0.29) is 24.0 Å². The Morgan fingerprint density at radius 1 is 1.21 bits per heavy atom. The van der Waals surface area contributed by atoms with Crippen LogP contribution in [0.3, 0.4) is 0 Å². The molecule has 0 spiro atoms. The fourth-order valence-corrected chi connectivity index (χ4v) is 3.16. The molecule has 0 bridgehead atoms. The average molecular weight is 482 g/mol. The summed E-state index contributed by atoms with van der Waals surface area (Å²) in [5.41, 5.74) is 0. The van der Waals surface area contributed by atoms with E-state index in [9.17, 15) is 13.2 Å². The third-order valence-electron chi connectivity index (χ3n) is 4.00. The van der Waals surface area contributed by atoms with Gasteiger partial charge in [0.25, 0.3) is 0 Å². The zero-order valence-corrected chi connectivity index (χ0v) is 17.6. The molecule has 0 saturated carbocycles. The van der Waals surface area contributed by atoms with Crippen molar-refractivity contribution in [1.29, 1.82) is 0 Å². The Morgan fingerprint density at radius 2 is 1.83 bits per heavy atom. The minimum absolute atomic E-state index is 0. The molecule has 0 aliphatic carbocycles. The van der Waals surface area contributed by atoms with Crippen LogP contribution in [0.25, 0.3) is 0 Å². The third-order valence-corrected chi connectivity index (χ3v) is 4.69. The molecule has 1 rings (SSSR count). The van der Waals surface area contributed by atoms with E-state index in [0.29, 0.717) is 19.0 Å². The van der Waals surface area contributed by atoms with Crippen LogP contribution in [-0.4, -0.2) is 68.8 Å². The van der Waals surface area contributed by atoms with Crippen molar-refractivity contribution in [2.75, 3.05) is 51.8 Å². The van der Waals surface area contributed by atoms with Gasteiger partial charge in [-0.3, -0.25) is 9.89 Å². The van der Waals surface area contributed by atoms with Gasteiger partial charge in [-0.25, -0.2) is 0 Å². The summed E-state index contributed by atoms with van der Waals surface area (Å²) in [6, 6.07) is 0. The molecule has 0 aromatic rings. The second-order valence-corrected chi connectivity index (χ2v) is 6.88. The first-order chi connectivity index (χ1) is 10.9. The largest absolute Gasteiger partial charge is 0.401 e. The van der Waals surface area contributed by atoms with Crippen molar-refractivity contribution in [1.82, 2.24) is 15.5 Å². The zero-order chi connectivity index (χ0) is 17.1. The number of hydrogen-bond donors (Lipinski definition) is 2. The lowest BCUT2D eigenvalue weighted by Gasteiger charge is -2.32. The number of alkyl halides is 3. The zero-order valence-electron chi connectivity index (χ0n) is 14.5. The molecule has 0 unspecified atom stereocenters. The lowest BCUT2D eigenvalue weighted by atomic mass is 9.93. The molecule has 2 N–H and O–H groups in total. The average Bonchev–Trinajstić information content (AvgIpc) is 2.50. The molecule has 1 heterocycles. The van der Waals surface area contributed by atoms with Gasteiger partial charge in [-0.2, -0.15) is 24.9 Å². The molecule has 0 radical (unpaired) electrons. The van der Waals surface area contributed by atoms with Gasteiger partial charge in [0.1, 0.15) is 0 Å². The quantitative estimate of drug-likeness (QED) is 0.241. The monoisotopic (exact) mass is 482 g/mol. The van der Waals surface area contributed by atoms with Gasteiger partial charge >= 0.3 is 6.18 Å². The highest BCUT2D eigenvalue weighted by Crippen LogP contribution is 2.23. The van der Waals surface area contributed by atoms with E-state index in [0.717, 1.165) is 50.5 Å². The van der Waals surface area contributed by atoms with E-state index >= 15 is 0 Å². The van der Waals surface area contributed by atoms with Crippen LogP contribution in [0.15, 0.2) is 4.99 Å². The Bertz CT molecular complexity index is 348. The number of nitrogens with one attached hydrogen (secondary N) is 2. The van der Waals surface area contributed by atoms with Gasteiger partial charge in [-0.1, -0.05) is 0 Å². The van der Waals surface area contributed by atoms with Gasteiger partial charge in [-0.15, -0.1) is 24.0 Å². The highest BCUT2D eigenvalue weighted by atomic mass is 127. The van der Waals surface area contributed by atoms with E-state index < -0.39 is 12.7 Å². The summed E-state index contributed by atoms with van der Waals surface area (Å²) in [5, 5.41) is 6.55. The van der Waals surface area contributed by atoms with Crippen LogP contribution < -0.4 is 10.6 Å². The predicted molar refractivity (Wildman–Crippen MR) is 108 cm³/mol. The number of nitrogens with zero attached hydrogens (tertiary/aromatic N) is 2. The van der Waals surface area contributed by atoms with Crippen molar-refractivity contribution in [2.45, 2.75) is 31.9 Å². The standard InChI is InChI=1S/C15H29F3N4S.HI/c1-19-14(20-7-3-11-23-2)21-8-4-13-5-9-22(10-6-13)12-15(16,17)18;/h13H,3-12H2,1-2H3,(H2,19,20,21);1H. The number of hydrogen-bond acceptors (Lipinski definition) is 3. The molecule has 1 aliphatic heterocycles. The molecule has 0 aromatic carbocycles. The van der Waals surface area contributed by atoms with Crippen LogP contribution >= 0.6 is 35.7 Å². The molecular formula is C15H30F3IN4S. The highest BCUT2D eigenvalue weighted by molar-refractivity contribution is 14.0. The van der Waals surface area contributed by atoms with Gasteiger partial charge in [0, 0.05) is 20.1 Å². The Morgan fingerprint density at radius 3 is 2.38 bits per heavy atom. The van der Waals surface area contributed by atoms with Gasteiger partial charge in [0.2, 0.25) is 0 Å². The summed E-state index contributed by atoms with van der Waals surface area (Å²) in [7, 11) is 1.75. The first kappa shape index (κ1) is 24.1. The van der Waals surface area contributed by atoms with Crippen molar-refractivity contribution in [2.24, 2.45) is 10.9 Å². The number of likely N-dealkylation sites (tertiary alicyclic amines) is 1. The third kappa shape index (κ3) is 11.6. The van der Waals surface area contributed by atoms with Gasteiger partial charge in [0.15, 0.2) is 5.96 Å². The van der Waals surface area contributed by atoms with Crippen molar-refractivity contribution >= 4 is 41.7 Å². The smallest absolute Gasteiger partial charge is 0.356 e. The number of rotatable bonds is 8. The first-order valence-electron chi connectivity index (χ1n) is 8.17. The summed E-state index contributed by atoms with van der Waals surface area (Å²) in [4.78, 5) is 5.69. The number of piperidine rings is 1. The lowest BCUT2D eigenvalue weighted by molar-refractivity contribution is -0.148. The Balaban J connectivity index is 0.00000529. The molecule has 144 valence electrons. The number of guanidine groups is 1. The van der Waals surface area contributed by atoms with E-state index in [1.165, 1.54) is 4.90 Å². The Labute approximate surface area is 164 Å². The van der Waals surface area contributed by atoms with Gasteiger partial charge in [-0.05, 0) is 56.7 Å². The maximum absolute atomic E-state index is 12.3. The second kappa shape index (κ2) is 13.3. The van der Waals surface area contributed by atoms with Gasteiger partial charge < -0.3 is 10.6 Å². The fourth-order valence-electron chi connectivity index (χ4n) is 2.73. The van der Waals surface area contributed by atoms with Crippen molar-refractivity contribution in [3.05, 3.63) is 0 Å². The molecule has 24 heavy (non-hydrogen) atoms. The van der Waals surface area contributed by atoms with Crippen molar-refractivity contribution in [3.8, 4) is 0 Å². The van der Waals surface area contributed by atoms with Gasteiger partial charge in [0.05, 0.1) is 6.54 Å². The molecule has 4 nitrogen and oxygen atoms in total. The number of halogens is 4. The Kier molecular flexibility index (Phi) is 13.4. The van der Waals surface area contributed by atoms with E-state index in [2.05, 4.69) is 21.9 Å². The number of thioether (sulfide) groups is 1. The van der Waals surface area contributed by atoms with E-state index in [1.807, 2.05) is 11.8 Å². The summed E-state index contributed by atoms with van der Waals surface area (Å²) in [6.45, 7) is 2.03. The van der Waals surface area contributed by atoms with Crippen molar-refractivity contribution < 1.29 is 13.2 Å². The summed E-state index contributed by atoms with van der Waals surface area (Å²) < 4.78 is 37.0. The Hall–Kier alpha value is 0.1000. The van der Waals surface area contributed by atoms with Crippen LogP contribution in [0.4, 0.5) is 13.2 Å². The number of aliphatic imine (C=N–C) groups is 1. The normalized spacial score (nSPS) is 17.5. The molecular weight excluding hydrogens is 452 g/mol. The molecule has 1 fully saturated rings. The SMILES string of the molecule is CN=C(NCCCSC)NCCC1CCN(CC(F)(F)F)CC1.I. The van der Waals surface area contributed by atoms with Crippen LogP contribution in [0.2, 0.25) is 0 Å². The maximum atomic E-state index is 12.3. The lowest BCUT2D eigenvalue weighted by Crippen LogP contribution is -2.41. The molecule has 9 heteroatoms. The minimum Gasteiger partial charge on any atom is -0.356 e. The summed E-state index contributed by atoms with van der Waals surface area (Å²) in [5.74, 6) is 2.43. The molecule has 0 aromatic heterocycles. The van der Waals surface area contributed by atoms with Crippen molar-refractivity contribution in [3.63, 3.8) is 0 Å². The second-order valence-electron chi connectivity index (χ2n) is 5.90. The minimum atomic E-state index is -4.08. The highest BCUT2D eigenvalue weighted by Gasteiger charge is 2.32.